The molecule has 0 unspecified atom stereocenters. The van der Waals surface area contributed by atoms with E-state index in [1.54, 1.807) is 0 Å². The van der Waals surface area contributed by atoms with Crippen molar-refractivity contribution < 1.29 is 4.74 Å². The largest absolute Gasteiger partial charge is 0.624 e. The van der Waals surface area contributed by atoms with Crippen molar-refractivity contribution in [2.75, 3.05) is 6.54 Å². The summed E-state index contributed by atoms with van der Waals surface area (Å²) in [6, 6.07) is 0. The van der Waals surface area contributed by atoms with Gasteiger partial charge in [-0.1, -0.05) is 149 Å². The second-order valence-electron chi connectivity index (χ2n) is 9.89. The molecule has 0 atom stereocenters. The highest BCUT2D eigenvalue weighted by Gasteiger charge is 1.98. The molecule has 31 heavy (non-hydrogen) atoms. The van der Waals surface area contributed by atoms with E-state index in [-0.39, 0.29) is 0 Å². The molecule has 0 aliphatic rings. The molecular formula is C29H59NO. The predicted octanol–water partition coefficient (Wildman–Crippen LogP) is 10.4. The molecule has 0 aliphatic carbocycles. The highest BCUT2D eigenvalue weighted by molar-refractivity contribution is 5.50. The Morgan fingerprint density at radius 1 is 0.419 bits per heavy atom. The molecule has 0 saturated heterocycles. The van der Waals surface area contributed by atoms with Gasteiger partial charge in [-0.15, -0.1) is 0 Å². The summed E-state index contributed by atoms with van der Waals surface area (Å²) in [4.78, 5) is 0. The zero-order chi connectivity index (χ0) is 22.7. The first kappa shape index (κ1) is 30.5. The average Bonchev–Trinajstić information content (AvgIpc) is 2.77. The molecule has 186 valence electrons. The zero-order valence-corrected chi connectivity index (χ0v) is 21.8. The quantitative estimate of drug-likeness (QED) is 0.0434. The molecule has 0 N–H and O–H groups in total. The molecule has 0 spiro atoms. The van der Waals surface area contributed by atoms with Crippen LogP contribution >= 0.6 is 0 Å². The Morgan fingerprint density at radius 2 is 0.710 bits per heavy atom. The lowest BCUT2D eigenvalue weighted by molar-refractivity contribution is -0.454. The van der Waals surface area contributed by atoms with Crippen LogP contribution in [0.4, 0.5) is 0 Å². The van der Waals surface area contributed by atoms with E-state index in [9.17, 15) is 5.21 Å². The average molecular weight is 438 g/mol. The summed E-state index contributed by atoms with van der Waals surface area (Å²) < 4.78 is 1.20. The van der Waals surface area contributed by atoms with E-state index in [2.05, 4.69) is 13.8 Å². The van der Waals surface area contributed by atoms with Crippen LogP contribution in [0.1, 0.15) is 174 Å². The Bertz CT molecular complexity index is 353. The smallest absolute Gasteiger partial charge is 0.153 e. The summed E-state index contributed by atoms with van der Waals surface area (Å²) in [6.45, 7) is 5.27. The van der Waals surface area contributed by atoms with Crippen LogP contribution in [0.3, 0.4) is 0 Å². The van der Waals surface area contributed by atoms with E-state index in [0.29, 0.717) is 6.54 Å². The highest BCUT2D eigenvalue weighted by atomic mass is 16.5. The SMILES string of the molecule is CCCCCCCCCCCCCCC=[N+]([O-])CCCCCCCCCCCCCC. The molecule has 0 rings (SSSR count). The summed E-state index contributed by atoms with van der Waals surface area (Å²) in [5.41, 5.74) is 0. The van der Waals surface area contributed by atoms with Crippen LogP contribution < -0.4 is 0 Å². The minimum absolute atomic E-state index is 0.704. The zero-order valence-electron chi connectivity index (χ0n) is 21.8. The molecular weight excluding hydrogens is 378 g/mol. The molecule has 0 saturated carbocycles. The first-order chi connectivity index (χ1) is 15.3. The third-order valence-electron chi connectivity index (χ3n) is 6.62. The fourth-order valence-corrected chi connectivity index (χ4v) is 4.42. The second kappa shape index (κ2) is 27.5. The Morgan fingerprint density at radius 3 is 1.06 bits per heavy atom. The molecule has 0 heterocycles. The third-order valence-corrected chi connectivity index (χ3v) is 6.62. The van der Waals surface area contributed by atoms with Gasteiger partial charge in [-0.25, -0.2) is 4.74 Å². The van der Waals surface area contributed by atoms with E-state index >= 15 is 0 Å². The van der Waals surface area contributed by atoms with Gasteiger partial charge < -0.3 is 5.21 Å². The first-order valence-electron chi connectivity index (χ1n) is 14.6. The van der Waals surface area contributed by atoms with Crippen LogP contribution in [0.25, 0.3) is 0 Å². The van der Waals surface area contributed by atoms with Crippen LogP contribution in [0.2, 0.25) is 0 Å². The molecule has 0 radical (unpaired) electrons. The van der Waals surface area contributed by atoms with Gasteiger partial charge in [0.1, 0.15) is 0 Å². The molecule has 0 amide bonds. The molecule has 0 aromatic heterocycles. The number of hydrogen-bond donors (Lipinski definition) is 0. The summed E-state index contributed by atoms with van der Waals surface area (Å²) >= 11 is 0. The van der Waals surface area contributed by atoms with Gasteiger partial charge >= 0.3 is 0 Å². The standard InChI is InChI=1S/C29H59NO/c1-3-5-7-9-11-13-15-17-19-21-23-25-27-29-30(31)28-26-24-22-20-18-16-14-12-10-8-6-4-2/h29H,3-28H2,1-2H3. The molecule has 0 aromatic rings. The van der Waals surface area contributed by atoms with Crippen molar-refractivity contribution in [3.05, 3.63) is 5.21 Å². The topological polar surface area (TPSA) is 26.1 Å². The number of rotatable bonds is 26. The van der Waals surface area contributed by atoms with Crippen molar-refractivity contribution in [3.8, 4) is 0 Å². The van der Waals surface area contributed by atoms with Gasteiger partial charge in [0.15, 0.2) is 12.8 Å². The molecule has 2 nitrogen and oxygen atoms in total. The van der Waals surface area contributed by atoms with E-state index in [1.807, 2.05) is 6.21 Å². The number of hydroxylamine groups is 1. The molecule has 2 heteroatoms. The Kier molecular flexibility index (Phi) is 27.0. The maximum absolute atomic E-state index is 11.9. The molecule has 0 aromatic carbocycles. The normalized spacial score (nSPS) is 12.0. The lowest BCUT2D eigenvalue weighted by Crippen LogP contribution is -2.06. The lowest BCUT2D eigenvalue weighted by atomic mass is 10.0. The third kappa shape index (κ3) is 27.4. The second-order valence-corrected chi connectivity index (χ2v) is 9.89. The van der Waals surface area contributed by atoms with Crippen LogP contribution in [0, 0.1) is 5.21 Å². The van der Waals surface area contributed by atoms with Gasteiger partial charge in [0.25, 0.3) is 0 Å². The van der Waals surface area contributed by atoms with Gasteiger partial charge in [0.2, 0.25) is 0 Å². The minimum Gasteiger partial charge on any atom is -0.624 e. The van der Waals surface area contributed by atoms with Crippen LogP contribution in [0.15, 0.2) is 0 Å². The first-order valence-corrected chi connectivity index (χ1v) is 14.6. The lowest BCUT2D eigenvalue weighted by Gasteiger charge is -2.05. The van der Waals surface area contributed by atoms with Crippen molar-refractivity contribution in [1.82, 2.24) is 0 Å². The van der Waals surface area contributed by atoms with E-state index < -0.39 is 0 Å². The van der Waals surface area contributed by atoms with Gasteiger partial charge in [-0.3, -0.25) is 0 Å². The van der Waals surface area contributed by atoms with Crippen molar-refractivity contribution in [1.29, 1.82) is 0 Å². The highest BCUT2D eigenvalue weighted by Crippen LogP contribution is 2.13. The molecule has 0 aliphatic heterocycles. The van der Waals surface area contributed by atoms with Crippen molar-refractivity contribution >= 4 is 6.21 Å². The van der Waals surface area contributed by atoms with E-state index in [1.165, 1.54) is 152 Å². The van der Waals surface area contributed by atoms with E-state index in [0.717, 1.165) is 12.8 Å². The number of nitrogens with zero attached hydrogens (tertiary/aromatic N) is 1. The van der Waals surface area contributed by atoms with Gasteiger partial charge in [0.05, 0.1) is 0 Å². The molecule has 0 bridgehead atoms. The molecule has 0 fully saturated rings. The summed E-state index contributed by atoms with van der Waals surface area (Å²) in [5.74, 6) is 0. The van der Waals surface area contributed by atoms with Gasteiger partial charge in [-0.05, 0) is 12.8 Å². The number of unbranched alkanes of at least 4 members (excludes halogenated alkanes) is 23. The summed E-state index contributed by atoms with van der Waals surface area (Å²) in [5, 5.41) is 11.9. The van der Waals surface area contributed by atoms with Crippen molar-refractivity contribution in [3.63, 3.8) is 0 Å². The van der Waals surface area contributed by atoms with Crippen LogP contribution in [-0.2, 0) is 0 Å². The Balaban J connectivity index is 3.22. The van der Waals surface area contributed by atoms with Crippen LogP contribution in [-0.4, -0.2) is 17.5 Å². The van der Waals surface area contributed by atoms with E-state index in [4.69, 9.17) is 0 Å². The monoisotopic (exact) mass is 437 g/mol. The summed E-state index contributed by atoms with van der Waals surface area (Å²) in [7, 11) is 0. The predicted molar refractivity (Wildman–Crippen MR) is 141 cm³/mol. The fraction of sp³-hybridized carbons (Fsp3) is 0.966. The van der Waals surface area contributed by atoms with Crippen LogP contribution in [0.5, 0.6) is 0 Å². The maximum Gasteiger partial charge on any atom is 0.153 e. The van der Waals surface area contributed by atoms with Gasteiger partial charge in [0, 0.05) is 12.8 Å². The van der Waals surface area contributed by atoms with Crippen molar-refractivity contribution in [2.24, 2.45) is 0 Å². The van der Waals surface area contributed by atoms with Gasteiger partial charge in [-0.2, -0.15) is 0 Å². The van der Waals surface area contributed by atoms with Crippen molar-refractivity contribution in [2.45, 2.75) is 174 Å². The Hall–Kier alpha value is -0.530. The Labute approximate surface area is 197 Å². The fourth-order valence-electron chi connectivity index (χ4n) is 4.42. The maximum atomic E-state index is 11.9. The number of hydrogen-bond acceptors (Lipinski definition) is 1. The summed E-state index contributed by atoms with van der Waals surface area (Å²) in [6.07, 6.45) is 35.6. The minimum atomic E-state index is 0.704.